The maximum absolute atomic E-state index is 13.8. The molecule has 0 bridgehead atoms. The number of piperidine rings is 1. The first-order valence-corrected chi connectivity index (χ1v) is 16.4. The van der Waals surface area contributed by atoms with E-state index >= 15 is 0 Å². The van der Waals surface area contributed by atoms with Crippen molar-refractivity contribution in [2.75, 3.05) is 52.4 Å². The molecule has 2 fully saturated rings. The molecule has 6 rings (SSSR count). The first-order valence-electron chi connectivity index (χ1n) is 16.4. The van der Waals surface area contributed by atoms with Crippen molar-refractivity contribution < 1.29 is 4.39 Å². The Morgan fingerprint density at radius 2 is 1.47 bits per heavy atom. The van der Waals surface area contributed by atoms with Gasteiger partial charge in [-0.2, -0.15) is 0 Å². The molecule has 2 aliphatic rings. The molecule has 9 heteroatoms. The van der Waals surface area contributed by atoms with Gasteiger partial charge in [0.15, 0.2) is 0 Å². The van der Waals surface area contributed by atoms with Gasteiger partial charge >= 0.3 is 5.69 Å². The number of nitrogens with zero attached hydrogens (tertiary/aromatic N) is 4. The molecule has 2 aliphatic heterocycles. The highest BCUT2D eigenvalue weighted by Crippen LogP contribution is 2.31. The Morgan fingerprint density at radius 3 is 2.18 bits per heavy atom. The third-order valence-corrected chi connectivity index (χ3v) is 9.73. The van der Waals surface area contributed by atoms with E-state index < -0.39 is 0 Å². The number of hydrogen-bond donors (Lipinski definition) is 2. The molecular formula is C36H45FN6O2. The standard InChI is InChI=1S/C36H45FN6O2/c1-2-40-19-21-42(22-20-40)26-28-9-7-27(8-10-28)25-38-34(29-11-13-31(37)14-12-29)30-15-17-41(18-16-30)23-24-43-35(44)32-5-3-4-6-33(32)39-36(43)45/h3-14,30,34,38H,2,15-26H2,1H3,(H,39,45). The molecule has 3 aromatic carbocycles. The number of fused-ring (bicyclic) bond motifs is 1. The molecule has 1 unspecified atom stereocenters. The average molecular weight is 613 g/mol. The summed E-state index contributed by atoms with van der Waals surface area (Å²) in [5.74, 6) is 0.164. The van der Waals surface area contributed by atoms with Gasteiger partial charge in [-0.05, 0) is 79.3 Å². The van der Waals surface area contributed by atoms with Gasteiger partial charge < -0.3 is 20.1 Å². The van der Waals surface area contributed by atoms with E-state index in [9.17, 15) is 14.0 Å². The van der Waals surface area contributed by atoms with Crippen LogP contribution in [0.5, 0.6) is 0 Å². The summed E-state index contributed by atoms with van der Waals surface area (Å²) < 4.78 is 15.1. The molecule has 1 aromatic heterocycles. The van der Waals surface area contributed by atoms with Crippen LogP contribution in [0.25, 0.3) is 10.9 Å². The molecule has 4 aromatic rings. The van der Waals surface area contributed by atoms with Gasteiger partial charge in [-0.25, -0.2) is 9.18 Å². The fraction of sp³-hybridized carbons (Fsp3) is 0.444. The van der Waals surface area contributed by atoms with Crippen LogP contribution in [0.3, 0.4) is 0 Å². The molecule has 1 atom stereocenters. The lowest BCUT2D eigenvalue weighted by molar-refractivity contribution is 0.132. The molecule has 3 heterocycles. The van der Waals surface area contributed by atoms with Crippen LogP contribution < -0.4 is 16.6 Å². The summed E-state index contributed by atoms with van der Waals surface area (Å²) in [5.41, 5.74) is 3.65. The van der Waals surface area contributed by atoms with Crippen molar-refractivity contribution in [3.8, 4) is 0 Å². The van der Waals surface area contributed by atoms with Crippen LogP contribution in [-0.4, -0.2) is 76.6 Å². The molecule has 8 nitrogen and oxygen atoms in total. The summed E-state index contributed by atoms with van der Waals surface area (Å²) in [4.78, 5) is 35.8. The quantitative estimate of drug-likeness (QED) is 0.265. The zero-order valence-corrected chi connectivity index (χ0v) is 26.3. The molecule has 0 amide bonds. The average Bonchev–Trinajstić information content (AvgIpc) is 3.07. The smallest absolute Gasteiger partial charge is 0.307 e. The van der Waals surface area contributed by atoms with Crippen molar-refractivity contribution >= 4 is 10.9 Å². The number of nitrogens with one attached hydrogen (secondary N) is 2. The lowest BCUT2D eigenvalue weighted by Gasteiger charge is -2.37. The highest BCUT2D eigenvalue weighted by Gasteiger charge is 2.28. The number of halogens is 1. The van der Waals surface area contributed by atoms with Crippen LogP contribution in [0.4, 0.5) is 4.39 Å². The topological polar surface area (TPSA) is 76.6 Å². The van der Waals surface area contributed by atoms with Crippen LogP contribution in [0.15, 0.2) is 82.4 Å². The number of hydrogen-bond acceptors (Lipinski definition) is 6. The number of aromatic nitrogens is 2. The zero-order valence-electron chi connectivity index (χ0n) is 26.3. The second kappa shape index (κ2) is 14.6. The number of para-hydroxylation sites is 1. The van der Waals surface area contributed by atoms with Crippen molar-refractivity contribution in [1.82, 2.24) is 29.6 Å². The van der Waals surface area contributed by atoms with Crippen LogP contribution in [-0.2, 0) is 19.6 Å². The zero-order chi connectivity index (χ0) is 31.2. The number of likely N-dealkylation sites (N-methyl/N-ethyl adjacent to an activating group) is 1. The van der Waals surface area contributed by atoms with Gasteiger partial charge in [-0.3, -0.25) is 14.3 Å². The van der Waals surface area contributed by atoms with E-state index in [1.165, 1.54) is 15.7 Å². The number of H-pyrrole nitrogens is 1. The van der Waals surface area contributed by atoms with Gasteiger partial charge in [0.1, 0.15) is 5.82 Å². The number of benzene rings is 3. The maximum Gasteiger partial charge on any atom is 0.328 e. The van der Waals surface area contributed by atoms with Crippen molar-refractivity contribution in [1.29, 1.82) is 0 Å². The van der Waals surface area contributed by atoms with Crippen LogP contribution >= 0.6 is 0 Å². The van der Waals surface area contributed by atoms with Crippen LogP contribution in [0, 0.1) is 11.7 Å². The third-order valence-electron chi connectivity index (χ3n) is 9.73. The highest BCUT2D eigenvalue weighted by molar-refractivity contribution is 5.76. The Kier molecular flexibility index (Phi) is 10.2. The van der Waals surface area contributed by atoms with Gasteiger partial charge in [0.05, 0.1) is 10.9 Å². The minimum Gasteiger partial charge on any atom is -0.307 e. The summed E-state index contributed by atoms with van der Waals surface area (Å²) >= 11 is 0. The Balaban J connectivity index is 1.05. The predicted octanol–water partition coefficient (Wildman–Crippen LogP) is 4.21. The summed E-state index contributed by atoms with van der Waals surface area (Å²) in [7, 11) is 0. The van der Waals surface area contributed by atoms with E-state index in [-0.39, 0.29) is 23.1 Å². The number of likely N-dealkylation sites (tertiary alicyclic amines) is 1. The molecular weight excluding hydrogens is 567 g/mol. The Morgan fingerprint density at radius 1 is 0.800 bits per heavy atom. The maximum atomic E-state index is 13.8. The summed E-state index contributed by atoms with van der Waals surface area (Å²) in [6, 6.07) is 23.1. The third kappa shape index (κ3) is 7.79. The SMILES string of the molecule is CCN1CCN(Cc2ccc(CNC(c3ccc(F)cc3)C3CCN(CCn4c(=O)[nH]c5ccccc5c4=O)CC3)cc2)CC1. The van der Waals surface area contributed by atoms with Gasteiger partial charge in [0, 0.05) is 58.4 Å². The fourth-order valence-corrected chi connectivity index (χ4v) is 6.89. The summed E-state index contributed by atoms with van der Waals surface area (Å²) in [5, 5.41) is 4.34. The van der Waals surface area contributed by atoms with E-state index in [0.29, 0.717) is 29.9 Å². The lowest BCUT2D eigenvalue weighted by atomic mass is 9.85. The van der Waals surface area contributed by atoms with Crippen molar-refractivity contribution in [3.05, 3.63) is 116 Å². The lowest BCUT2D eigenvalue weighted by Crippen LogP contribution is -2.45. The minimum absolute atomic E-state index is 0.105. The molecule has 0 spiro atoms. The van der Waals surface area contributed by atoms with Gasteiger partial charge in [0.25, 0.3) is 5.56 Å². The number of piperazine rings is 1. The van der Waals surface area contributed by atoms with E-state index in [2.05, 4.69) is 56.2 Å². The molecule has 0 radical (unpaired) electrons. The predicted molar refractivity (Wildman–Crippen MR) is 178 cm³/mol. The molecule has 45 heavy (non-hydrogen) atoms. The second-order valence-electron chi connectivity index (χ2n) is 12.5. The monoisotopic (exact) mass is 612 g/mol. The highest BCUT2D eigenvalue weighted by atomic mass is 19.1. The molecule has 2 N–H and O–H groups in total. The van der Waals surface area contributed by atoms with Crippen molar-refractivity contribution in [3.63, 3.8) is 0 Å². The number of aromatic amines is 1. The fourth-order valence-electron chi connectivity index (χ4n) is 6.89. The molecule has 238 valence electrons. The summed E-state index contributed by atoms with van der Waals surface area (Å²) in [6.45, 7) is 12.4. The van der Waals surface area contributed by atoms with E-state index in [0.717, 1.165) is 77.3 Å². The van der Waals surface area contributed by atoms with E-state index in [1.807, 2.05) is 24.3 Å². The Bertz CT molecular complexity index is 1650. The van der Waals surface area contributed by atoms with Crippen molar-refractivity contribution in [2.45, 2.75) is 45.4 Å². The Labute approximate surface area is 264 Å². The summed E-state index contributed by atoms with van der Waals surface area (Å²) in [6.07, 6.45) is 1.95. The minimum atomic E-state index is -0.364. The number of rotatable bonds is 11. The largest absolute Gasteiger partial charge is 0.328 e. The normalized spacial score (nSPS) is 18.0. The van der Waals surface area contributed by atoms with Crippen LogP contribution in [0.1, 0.15) is 42.5 Å². The van der Waals surface area contributed by atoms with Crippen molar-refractivity contribution in [2.24, 2.45) is 5.92 Å². The first kappa shape index (κ1) is 31.4. The van der Waals surface area contributed by atoms with Gasteiger partial charge in [0.2, 0.25) is 0 Å². The van der Waals surface area contributed by atoms with E-state index in [1.54, 1.807) is 24.3 Å². The van der Waals surface area contributed by atoms with E-state index in [4.69, 9.17) is 0 Å². The molecule has 0 aliphatic carbocycles. The Hall–Kier alpha value is -3.63. The first-order chi connectivity index (χ1) is 22.0. The van der Waals surface area contributed by atoms with Crippen LogP contribution in [0.2, 0.25) is 0 Å². The molecule has 2 saturated heterocycles. The second-order valence-corrected chi connectivity index (χ2v) is 12.5. The molecule has 0 saturated carbocycles. The van der Waals surface area contributed by atoms with Gasteiger partial charge in [-0.15, -0.1) is 0 Å². The van der Waals surface area contributed by atoms with Gasteiger partial charge in [-0.1, -0.05) is 55.5 Å².